The largest absolute Gasteiger partial charge is 0.339 e. The highest BCUT2D eigenvalue weighted by molar-refractivity contribution is 5.90. The Morgan fingerprint density at radius 3 is 2.30 bits per heavy atom. The number of piperazine rings is 1. The number of rotatable bonds is 4. The first-order chi connectivity index (χ1) is 13.2. The summed E-state index contributed by atoms with van der Waals surface area (Å²) in [6.45, 7) is 2.18. The fraction of sp³-hybridized carbons (Fsp3) is 0.500. The van der Waals surface area contributed by atoms with Crippen molar-refractivity contribution in [2.24, 2.45) is 5.92 Å². The van der Waals surface area contributed by atoms with Crippen molar-refractivity contribution in [3.05, 3.63) is 48.0 Å². The number of aromatic amines is 1. The van der Waals surface area contributed by atoms with Crippen LogP contribution in [0, 0.1) is 5.92 Å². The molecule has 0 unspecified atom stereocenters. The molecule has 1 saturated carbocycles. The van der Waals surface area contributed by atoms with Gasteiger partial charge in [0, 0.05) is 26.2 Å². The van der Waals surface area contributed by atoms with E-state index in [1.165, 1.54) is 19.2 Å². The third kappa shape index (κ3) is 3.72. The number of hydrogen-bond donors (Lipinski definition) is 1. The molecule has 2 heterocycles. The maximum atomic E-state index is 13.4. The number of nitrogens with zero attached hydrogens (tertiary/aromatic N) is 4. The van der Waals surface area contributed by atoms with E-state index in [1.807, 2.05) is 23.1 Å². The summed E-state index contributed by atoms with van der Waals surface area (Å²) in [5.74, 6) is 0.664. The Labute approximate surface area is 158 Å². The van der Waals surface area contributed by atoms with Gasteiger partial charge >= 0.3 is 0 Å². The third-order valence-corrected chi connectivity index (χ3v) is 5.79. The maximum Gasteiger partial charge on any atom is 0.291 e. The van der Waals surface area contributed by atoms with Gasteiger partial charge in [-0.1, -0.05) is 43.2 Å². The Morgan fingerprint density at radius 1 is 1.00 bits per heavy atom. The molecule has 2 fully saturated rings. The van der Waals surface area contributed by atoms with E-state index in [2.05, 4.69) is 27.3 Å². The summed E-state index contributed by atoms with van der Waals surface area (Å²) in [5, 5.41) is 6.35. The minimum atomic E-state index is -0.157. The minimum Gasteiger partial charge on any atom is -0.339 e. The van der Waals surface area contributed by atoms with Crippen molar-refractivity contribution in [1.82, 2.24) is 25.0 Å². The van der Waals surface area contributed by atoms with E-state index in [-0.39, 0.29) is 23.6 Å². The lowest BCUT2D eigenvalue weighted by molar-refractivity contribution is -0.135. The first-order valence-corrected chi connectivity index (χ1v) is 9.72. The number of H-pyrrole nitrogens is 1. The first-order valence-electron chi connectivity index (χ1n) is 9.72. The quantitative estimate of drug-likeness (QED) is 0.897. The molecule has 1 aromatic heterocycles. The van der Waals surface area contributed by atoms with E-state index in [0.717, 1.165) is 18.4 Å². The molecule has 1 atom stereocenters. The average molecular weight is 367 g/mol. The summed E-state index contributed by atoms with van der Waals surface area (Å²) >= 11 is 0. The van der Waals surface area contributed by atoms with Crippen LogP contribution in [-0.4, -0.2) is 63.0 Å². The number of hydrogen-bond acceptors (Lipinski definition) is 4. The third-order valence-electron chi connectivity index (χ3n) is 5.79. The van der Waals surface area contributed by atoms with Crippen molar-refractivity contribution in [2.75, 3.05) is 26.2 Å². The van der Waals surface area contributed by atoms with Crippen LogP contribution in [0.4, 0.5) is 0 Å². The van der Waals surface area contributed by atoms with Crippen molar-refractivity contribution in [3.8, 4) is 0 Å². The van der Waals surface area contributed by atoms with Crippen LogP contribution in [0.15, 0.2) is 36.7 Å². The molecule has 1 N–H and O–H groups in total. The van der Waals surface area contributed by atoms with E-state index in [9.17, 15) is 9.59 Å². The summed E-state index contributed by atoms with van der Waals surface area (Å²) in [6.07, 6.45) is 5.99. The summed E-state index contributed by atoms with van der Waals surface area (Å²) in [4.78, 5) is 33.4. The molecule has 1 aliphatic heterocycles. The molecule has 4 rings (SSSR count). The SMILES string of the molecule is O=C(c1ncn[nH]1)N1CCN(C(=O)[C@@H](c2ccccc2)C2CCCC2)CC1. The molecular formula is C20H25N5O2. The molecule has 2 aromatic rings. The lowest BCUT2D eigenvalue weighted by atomic mass is 9.83. The normalized spacial score (nSPS) is 19.3. The van der Waals surface area contributed by atoms with Crippen molar-refractivity contribution >= 4 is 11.8 Å². The predicted octanol–water partition coefficient (Wildman–Crippen LogP) is 2.06. The van der Waals surface area contributed by atoms with Crippen molar-refractivity contribution in [3.63, 3.8) is 0 Å². The molecule has 1 aliphatic carbocycles. The van der Waals surface area contributed by atoms with Gasteiger partial charge in [0.2, 0.25) is 11.7 Å². The summed E-state index contributed by atoms with van der Waals surface area (Å²) < 4.78 is 0. The van der Waals surface area contributed by atoms with E-state index in [0.29, 0.717) is 32.1 Å². The fourth-order valence-electron chi connectivity index (χ4n) is 4.35. The molecule has 0 bridgehead atoms. The van der Waals surface area contributed by atoms with E-state index in [1.54, 1.807) is 4.90 Å². The van der Waals surface area contributed by atoms with Gasteiger partial charge in [-0.15, -0.1) is 0 Å². The molecule has 7 heteroatoms. The van der Waals surface area contributed by atoms with E-state index in [4.69, 9.17) is 0 Å². The molecule has 142 valence electrons. The van der Waals surface area contributed by atoms with Crippen LogP contribution in [0.3, 0.4) is 0 Å². The highest BCUT2D eigenvalue weighted by atomic mass is 16.2. The highest BCUT2D eigenvalue weighted by Crippen LogP contribution is 2.38. The minimum absolute atomic E-state index is 0.0646. The van der Waals surface area contributed by atoms with Crippen molar-refractivity contribution < 1.29 is 9.59 Å². The molecule has 0 spiro atoms. The maximum absolute atomic E-state index is 13.4. The lowest BCUT2D eigenvalue weighted by Gasteiger charge is -2.37. The number of carbonyl (C=O) groups excluding carboxylic acids is 2. The van der Waals surface area contributed by atoms with Crippen LogP contribution >= 0.6 is 0 Å². The molecule has 7 nitrogen and oxygen atoms in total. The van der Waals surface area contributed by atoms with Gasteiger partial charge in [0.25, 0.3) is 5.91 Å². The Balaban J connectivity index is 1.44. The van der Waals surface area contributed by atoms with Gasteiger partial charge in [-0.25, -0.2) is 4.98 Å². The molecule has 1 saturated heterocycles. The second-order valence-corrected chi connectivity index (χ2v) is 7.38. The standard InChI is InChI=1S/C20H25N5O2/c26-19(17(16-8-4-5-9-16)15-6-2-1-3-7-15)24-10-12-25(13-11-24)20(27)18-21-14-22-23-18/h1-3,6-7,14,16-17H,4-5,8-13H2,(H,21,22,23)/t17-/m0/s1. The zero-order chi connectivity index (χ0) is 18.6. The molecule has 0 radical (unpaired) electrons. The zero-order valence-electron chi connectivity index (χ0n) is 15.4. The van der Waals surface area contributed by atoms with Gasteiger partial charge in [0.1, 0.15) is 6.33 Å². The van der Waals surface area contributed by atoms with Crippen molar-refractivity contribution in [1.29, 1.82) is 0 Å². The second kappa shape index (κ2) is 7.90. The van der Waals surface area contributed by atoms with Crippen LogP contribution < -0.4 is 0 Å². The van der Waals surface area contributed by atoms with Crippen LogP contribution in [0.25, 0.3) is 0 Å². The monoisotopic (exact) mass is 367 g/mol. The second-order valence-electron chi connectivity index (χ2n) is 7.38. The summed E-state index contributed by atoms with van der Waals surface area (Å²) in [6, 6.07) is 10.2. The zero-order valence-corrected chi connectivity index (χ0v) is 15.4. The van der Waals surface area contributed by atoms with E-state index < -0.39 is 0 Å². The molecular weight excluding hydrogens is 342 g/mol. The smallest absolute Gasteiger partial charge is 0.291 e. The summed E-state index contributed by atoms with van der Waals surface area (Å²) in [7, 11) is 0. The highest BCUT2D eigenvalue weighted by Gasteiger charge is 2.36. The van der Waals surface area contributed by atoms with Crippen molar-refractivity contribution in [2.45, 2.75) is 31.6 Å². The number of carbonyl (C=O) groups is 2. The molecule has 2 aliphatic rings. The number of nitrogens with one attached hydrogen (secondary N) is 1. The summed E-state index contributed by atoms with van der Waals surface area (Å²) in [5.41, 5.74) is 1.12. The molecule has 1 aromatic carbocycles. The van der Waals surface area contributed by atoms with Crippen LogP contribution in [-0.2, 0) is 4.79 Å². The van der Waals surface area contributed by atoms with Crippen LogP contribution in [0.5, 0.6) is 0 Å². The molecule has 27 heavy (non-hydrogen) atoms. The Kier molecular flexibility index (Phi) is 5.18. The Hall–Kier alpha value is -2.70. The Morgan fingerprint density at radius 2 is 1.67 bits per heavy atom. The lowest BCUT2D eigenvalue weighted by Crippen LogP contribution is -2.52. The fourth-order valence-corrected chi connectivity index (χ4v) is 4.35. The van der Waals surface area contributed by atoms with Gasteiger partial charge in [0.05, 0.1) is 5.92 Å². The Bertz CT molecular complexity index is 763. The van der Waals surface area contributed by atoms with Gasteiger partial charge in [0.15, 0.2) is 0 Å². The number of aromatic nitrogens is 3. The molecule has 2 amide bonds. The van der Waals surface area contributed by atoms with Crippen LogP contribution in [0.2, 0.25) is 0 Å². The van der Waals surface area contributed by atoms with Gasteiger partial charge < -0.3 is 9.80 Å². The first kappa shape index (κ1) is 17.7. The van der Waals surface area contributed by atoms with Gasteiger partial charge in [-0.2, -0.15) is 5.10 Å². The van der Waals surface area contributed by atoms with Gasteiger partial charge in [-0.05, 0) is 24.3 Å². The topological polar surface area (TPSA) is 82.2 Å². The van der Waals surface area contributed by atoms with Crippen LogP contribution in [0.1, 0.15) is 47.8 Å². The van der Waals surface area contributed by atoms with E-state index >= 15 is 0 Å². The predicted molar refractivity (Wildman–Crippen MR) is 100 cm³/mol. The number of amides is 2. The van der Waals surface area contributed by atoms with Gasteiger partial charge in [-0.3, -0.25) is 14.7 Å². The number of benzene rings is 1. The average Bonchev–Trinajstić information content (AvgIpc) is 3.43.